The molecule has 0 amide bonds. The number of rotatable bonds is 8. The molecule has 1 fully saturated rings. The number of halogens is 3. The van der Waals surface area contributed by atoms with Gasteiger partial charge in [-0.2, -0.15) is 0 Å². The van der Waals surface area contributed by atoms with Crippen LogP contribution < -0.4 is 4.31 Å². The third-order valence-corrected chi connectivity index (χ3v) is 10.4. The van der Waals surface area contributed by atoms with Gasteiger partial charge in [-0.1, -0.05) is 34.8 Å². The Morgan fingerprint density at radius 3 is 2.12 bits per heavy atom. The van der Waals surface area contributed by atoms with Crippen LogP contribution in [0.3, 0.4) is 0 Å². The number of likely N-dealkylation sites (tertiary alicyclic amines) is 1. The molecule has 0 saturated carbocycles. The van der Waals surface area contributed by atoms with Crippen molar-refractivity contribution in [3.05, 3.63) is 57.5 Å². The van der Waals surface area contributed by atoms with Gasteiger partial charge in [0.2, 0.25) is 0 Å². The van der Waals surface area contributed by atoms with Crippen LogP contribution in [0.25, 0.3) is 0 Å². The van der Waals surface area contributed by atoms with E-state index in [1.807, 2.05) is 6.92 Å². The highest BCUT2D eigenvalue weighted by Gasteiger charge is 2.32. The summed E-state index contributed by atoms with van der Waals surface area (Å²) in [7, 11) is -7.00. The highest BCUT2D eigenvalue weighted by Crippen LogP contribution is 2.35. The minimum absolute atomic E-state index is 0.101. The van der Waals surface area contributed by atoms with Gasteiger partial charge in [0.05, 0.1) is 20.9 Å². The molecule has 11 heteroatoms. The Labute approximate surface area is 211 Å². The van der Waals surface area contributed by atoms with Crippen LogP contribution in [0, 0.1) is 0 Å². The summed E-state index contributed by atoms with van der Waals surface area (Å²) < 4.78 is 52.2. The van der Waals surface area contributed by atoms with E-state index >= 15 is 0 Å². The van der Waals surface area contributed by atoms with Gasteiger partial charge in [0.1, 0.15) is 9.84 Å². The first-order valence-corrected chi connectivity index (χ1v) is 15.1. The van der Waals surface area contributed by atoms with E-state index in [9.17, 15) is 16.8 Å². The molecule has 33 heavy (non-hydrogen) atoms. The number of benzene rings is 2. The second-order valence-electron chi connectivity index (χ2n) is 8.36. The number of hydrogen-bond acceptors (Lipinski definition) is 5. The number of anilines is 1. The number of hydrogen-bond donors (Lipinski definition) is 0. The zero-order chi connectivity index (χ0) is 24.4. The molecule has 1 atom stereocenters. The average molecular weight is 554 g/mol. The molecule has 182 valence electrons. The standard InChI is InChI=1S/C22H27Cl3N2O4S2/c1-16(9-12-26-13-10-19(11-14-26)32(2,28)29)27(22-15-18(24)5-8-21(22)25)33(30,31)20-6-3-17(23)4-7-20/h3-8,15-16,19H,9-14H2,1-2H3. The van der Waals surface area contributed by atoms with Crippen LogP contribution >= 0.6 is 34.8 Å². The largest absolute Gasteiger partial charge is 0.303 e. The summed E-state index contributed by atoms with van der Waals surface area (Å²) in [4.78, 5) is 2.27. The van der Waals surface area contributed by atoms with Crippen LogP contribution in [0.2, 0.25) is 15.1 Å². The lowest BCUT2D eigenvalue weighted by molar-refractivity contribution is 0.224. The molecular weight excluding hydrogens is 527 g/mol. The second-order valence-corrected chi connectivity index (χ2v) is 13.8. The van der Waals surface area contributed by atoms with Gasteiger partial charge in [0.15, 0.2) is 0 Å². The molecule has 2 aromatic carbocycles. The Morgan fingerprint density at radius 1 is 0.970 bits per heavy atom. The minimum Gasteiger partial charge on any atom is -0.303 e. The zero-order valence-corrected chi connectivity index (χ0v) is 22.3. The quantitative estimate of drug-likeness (QED) is 0.453. The second kappa shape index (κ2) is 10.7. The van der Waals surface area contributed by atoms with E-state index in [0.29, 0.717) is 54.6 Å². The Morgan fingerprint density at radius 2 is 1.55 bits per heavy atom. The number of sulfone groups is 1. The molecule has 3 rings (SSSR count). The van der Waals surface area contributed by atoms with Crippen LogP contribution in [0.1, 0.15) is 26.2 Å². The van der Waals surface area contributed by atoms with Gasteiger partial charge in [-0.25, -0.2) is 16.8 Å². The summed E-state index contributed by atoms with van der Waals surface area (Å²) >= 11 is 18.5. The normalized spacial score (nSPS) is 17.1. The highest BCUT2D eigenvalue weighted by atomic mass is 35.5. The highest BCUT2D eigenvalue weighted by molar-refractivity contribution is 7.93. The van der Waals surface area contributed by atoms with Crippen LogP contribution in [0.15, 0.2) is 47.4 Å². The first-order valence-electron chi connectivity index (χ1n) is 10.6. The Balaban J connectivity index is 1.84. The summed E-state index contributed by atoms with van der Waals surface area (Å²) in [5.41, 5.74) is 0.308. The van der Waals surface area contributed by atoms with E-state index in [1.54, 1.807) is 18.2 Å². The average Bonchev–Trinajstić information content (AvgIpc) is 2.74. The van der Waals surface area contributed by atoms with Crippen molar-refractivity contribution < 1.29 is 16.8 Å². The summed E-state index contributed by atoms with van der Waals surface area (Å²) in [6.45, 7) is 3.77. The molecule has 0 aromatic heterocycles. The number of sulfonamides is 1. The predicted octanol–water partition coefficient (Wildman–Crippen LogP) is 5.13. The molecule has 0 N–H and O–H groups in total. The first-order chi connectivity index (χ1) is 15.4. The molecular formula is C22H27Cl3N2O4S2. The van der Waals surface area contributed by atoms with Gasteiger partial charge < -0.3 is 4.90 Å². The van der Waals surface area contributed by atoms with Crippen molar-refractivity contribution >= 4 is 60.4 Å². The van der Waals surface area contributed by atoms with Crippen LogP contribution in [0.4, 0.5) is 5.69 Å². The smallest absolute Gasteiger partial charge is 0.264 e. The molecule has 6 nitrogen and oxygen atoms in total. The summed E-state index contributed by atoms with van der Waals surface area (Å²) in [6, 6.07) is 10.3. The van der Waals surface area contributed by atoms with Crippen molar-refractivity contribution in [2.24, 2.45) is 0 Å². The van der Waals surface area contributed by atoms with E-state index in [4.69, 9.17) is 34.8 Å². The van der Waals surface area contributed by atoms with E-state index in [0.717, 1.165) is 0 Å². The zero-order valence-electron chi connectivity index (χ0n) is 18.4. The first kappa shape index (κ1) is 26.6. The third-order valence-electron chi connectivity index (χ3n) is 5.92. The molecule has 1 unspecified atom stereocenters. The van der Waals surface area contributed by atoms with Gasteiger partial charge in [0, 0.05) is 28.9 Å². The predicted molar refractivity (Wildman–Crippen MR) is 136 cm³/mol. The Hall–Kier alpha value is -1.03. The van der Waals surface area contributed by atoms with Crippen LogP contribution in [0.5, 0.6) is 0 Å². The lowest BCUT2D eigenvalue weighted by Gasteiger charge is -2.35. The number of piperidine rings is 1. The maximum atomic E-state index is 13.7. The molecule has 1 heterocycles. The molecule has 0 aliphatic carbocycles. The number of nitrogens with zero attached hydrogens (tertiary/aromatic N) is 2. The third kappa shape index (κ3) is 6.55. The summed E-state index contributed by atoms with van der Waals surface area (Å²) in [5.74, 6) is 0. The summed E-state index contributed by atoms with van der Waals surface area (Å²) in [6.07, 6.45) is 2.98. The van der Waals surface area contributed by atoms with E-state index < -0.39 is 25.9 Å². The van der Waals surface area contributed by atoms with Gasteiger partial charge in [-0.05, 0) is 81.7 Å². The van der Waals surface area contributed by atoms with Gasteiger partial charge in [-0.3, -0.25) is 4.31 Å². The van der Waals surface area contributed by atoms with Crippen molar-refractivity contribution in [2.75, 3.05) is 30.2 Å². The lowest BCUT2D eigenvalue weighted by atomic mass is 10.1. The fourth-order valence-corrected chi connectivity index (χ4v) is 7.34. The van der Waals surface area contributed by atoms with Gasteiger partial charge in [-0.15, -0.1) is 0 Å². The topological polar surface area (TPSA) is 74.8 Å². The van der Waals surface area contributed by atoms with Crippen LogP contribution in [-0.2, 0) is 19.9 Å². The Kier molecular flexibility index (Phi) is 8.62. The van der Waals surface area contributed by atoms with Gasteiger partial charge in [0.25, 0.3) is 10.0 Å². The summed E-state index contributed by atoms with van der Waals surface area (Å²) in [5, 5.41) is 0.781. The van der Waals surface area contributed by atoms with Crippen LogP contribution in [-0.4, -0.2) is 58.9 Å². The fourth-order valence-electron chi connectivity index (χ4n) is 4.03. The fraction of sp³-hybridized carbons (Fsp3) is 0.455. The van der Waals surface area contributed by atoms with Gasteiger partial charge >= 0.3 is 0 Å². The van der Waals surface area contributed by atoms with Crippen molar-refractivity contribution in [1.29, 1.82) is 0 Å². The molecule has 1 aliphatic heterocycles. The molecule has 0 bridgehead atoms. The molecule has 0 spiro atoms. The monoisotopic (exact) mass is 552 g/mol. The maximum absolute atomic E-state index is 13.7. The minimum atomic E-state index is -3.96. The molecule has 1 aliphatic rings. The van der Waals surface area contributed by atoms with Crippen molar-refractivity contribution in [1.82, 2.24) is 4.90 Å². The lowest BCUT2D eigenvalue weighted by Crippen LogP contribution is -2.43. The molecule has 0 radical (unpaired) electrons. The molecule has 1 saturated heterocycles. The van der Waals surface area contributed by atoms with Crippen molar-refractivity contribution in [3.8, 4) is 0 Å². The van der Waals surface area contributed by atoms with E-state index in [1.165, 1.54) is 34.8 Å². The van der Waals surface area contributed by atoms with E-state index in [2.05, 4.69) is 4.90 Å². The molecule has 2 aromatic rings. The Bertz CT molecular complexity index is 1180. The maximum Gasteiger partial charge on any atom is 0.264 e. The van der Waals surface area contributed by atoms with E-state index in [-0.39, 0.29) is 15.2 Å². The SMILES string of the molecule is CC(CCN1CCC(S(C)(=O)=O)CC1)N(c1cc(Cl)ccc1Cl)S(=O)(=O)c1ccc(Cl)cc1. The van der Waals surface area contributed by atoms with Crippen molar-refractivity contribution in [2.45, 2.75) is 42.4 Å². The van der Waals surface area contributed by atoms with Crippen molar-refractivity contribution in [3.63, 3.8) is 0 Å².